The number of hydrogen-bond donors (Lipinski definition) is 1. The normalized spacial score (nSPS) is 10.8. The highest BCUT2D eigenvalue weighted by atomic mass is 14.9. The minimum Gasteiger partial charge on any atom is -0.348 e. The number of aromatic amines is 1. The van der Waals surface area contributed by atoms with Gasteiger partial charge < -0.3 is 4.98 Å². The summed E-state index contributed by atoms with van der Waals surface area (Å²) in [5.41, 5.74) is 2.31. The maximum atomic E-state index is 4.19. The molecule has 0 fully saturated rings. The lowest BCUT2D eigenvalue weighted by Gasteiger charge is -2.01. The van der Waals surface area contributed by atoms with Gasteiger partial charge in [-0.3, -0.25) is 0 Å². The van der Waals surface area contributed by atoms with Gasteiger partial charge in [0.15, 0.2) is 0 Å². The van der Waals surface area contributed by atoms with Crippen LogP contribution in [0, 0.1) is 6.92 Å². The molecule has 1 aromatic heterocycles. The summed E-state index contributed by atoms with van der Waals surface area (Å²) in [5, 5.41) is 0. The van der Waals surface area contributed by atoms with Crippen molar-refractivity contribution in [3.05, 3.63) is 24.6 Å². The minimum atomic E-state index is 0.503. The van der Waals surface area contributed by atoms with Gasteiger partial charge in [-0.25, -0.2) is 4.98 Å². The van der Waals surface area contributed by atoms with E-state index < -0.39 is 0 Å². The van der Waals surface area contributed by atoms with Crippen molar-refractivity contribution in [1.29, 1.82) is 0 Å². The lowest BCUT2D eigenvalue weighted by atomic mass is 10.1. The quantitative estimate of drug-likeness (QED) is 0.662. The van der Waals surface area contributed by atoms with E-state index in [4.69, 9.17) is 0 Å². The van der Waals surface area contributed by atoms with Gasteiger partial charge in [-0.05, 0) is 19.3 Å². The fourth-order valence-corrected chi connectivity index (χ4v) is 1.03. The average molecular weight is 137 g/mol. The van der Waals surface area contributed by atoms with Gasteiger partial charge in [-0.1, -0.05) is 13.8 Å². The zero-order valence-electron chi connectivity index (χ0n) is 6.52. The third-order valence-corrected chi connectivity index (χ3v) is 1.55. The first-order chi connectivity index (χ1) is 4.75. The van der Waals surface area contributed by atoms with Gasteiger partial charge in [0.2, 0.25) is 0 Å². The van der Waals surface area contributed by atoms with Crippen molar-refractivity contribution >= 4 is 0 Å². The van der Waals surface area contributed by atoms with Gasteiger partial charge in [0, 0.05) is 5.69 Å². The molecule has 1 radical (unpaired) electrons. The van der Waals surface area contributed by atoms with Gasteiger partial charge in [0.05, 0.1) is 12.0 Å². The van der Waals surface area contributed by atoms with Crippen LogP contribution in [0.4, 0.5) is 0 Å². The Bertz CT molecular complexity index is 201. The Hall–Kier alpha value is -0.790. The number of imidazole rings is 1. The maximum absolute atomic E-state index is 4.19. The van der Waals surface area contributed by atoms with E-state index >= 15 is 0 Å². The largest absolute Gasteiger partial charge is 0.348 e. The summed E-state index contributed by atoms with van der Waals surface area (Å²) in [6.07, 6.45) is 2.53. The monoisotopic (exact) mass is 137 g/mol. The summed E-state index contributed by atoms with van der Waals surface area (Å²) in [7, 11) is 0. The topological polar surface area (TPSA) is 28.7 Å². The van der Waals surface area contributed by atoms with Gasteiger partial charge in [-0.15, -0.1) is 0 Å². The molecule has 0 saturated heterocycles. The number of aromatic nitrogens is 2. The first-order valence-corrected chi connectivity index (χ1v) is 3.57. The Morgan fingerprint density at radius 2 is 2.40 bits per heavy atom. The van der Waals surface area contributed by atoms with Crippen LogP contribution >= 0.6 is 0 Å². The highest BCUT2D eigenvalue weighted by Crippen LogP contribution is 2.14. The van der Waals surface area contributed by atoms with Crippen molar-refractivity contribution in [2.24, 2.45) is 0 Å². The summed E-state index contributed by atoms with van der Waals surface area (Å²) in [4.78, 5) is 7.25. The number of nitrogens with one attached hydrogen (secondary N) is 1. The fourth-order valence-electron chi connectivity index (χ4n) is 1.03. The highest BCUT2D eigenvalue weighted by molar-refractivity contribution is 5.15. The van der Waals surface area contributed by atoms with Crippen molar-refractivity contribution in [2.45, 2.75) is 26.2 Å². The second-order valence-corrected chi connectivity index (χ2v) is 2.67. The second-order valence-electron chi connectivity index (χ2n) is 2.67. The summed E-state index contributed by atoms with van der Waals surface area (Å²) in [6, 6.07) is 0. The maximum Gasteiger partial charge on any atom is 0.0925 e. The first kappa shape index (κ1) is 7.32. The second kappa shape index (κ2) is 2.86. The molecular weight excluding hydrogens is 124 g/mol. The van der Waals surface area contributed by atoms with Crippen molar-refractivity contribution in [2.75, 3.05) is 0 Å². The average Bonchev–Trinajstić information content (AvgIpc) is 2.33. The van der Waals surface area contributed by atoms with Gasteiger partial charge >= 0.3 is 0 Å². The van der Waals surface area contributed by atoms with Crippen LogP contribution in [-0.4, -0.2) is 9.97 Å². The van der Waals surface area contributed by atoms with E-state index in [2.05, 4.69) is 30.7 Å². The molecule has 0 aromatic carbocycles. The molecular formula is C8H13N2. The van der Waals surface area contributed by atoms with Crippen LogP contribution in [0.3, 0.4) is 0 Å². The van der Waals surface area contributed by atoms with Gasteiger partial charge in [-0.2, -0.15) is 0 Å². The lowest BCUT2D eigenvalue weighted by molar-refractivity contribution is 0.816. The molecule has 1 heterocycles. The molecule has 0 atom stereocenters. The summed E-state index contributed by atoms with van der Waals surface area (Å²) < 4.78 is 0. The molecule has 1 aromatic rings. The van der Waals surface area contributed by atoms with E-state index in [1.165, 1.54) is 0 Å². The van der Waals surface area contributed by atoms with Gasteiger partial charge in [0.1, 0.15) is 0 Å². The Kier molecular flexibility index (Phi) is 2.10. The van der Waals surface area contributed by atoms with Crippen LogP contribution in [0.2, 0.25) is 0 Å². The fraction of sp³-hybridized carbons (Fsp3) is 0.500. The molecule has 10 heavy (non-hydrogen) atoms. The third kappa shape index (κ3) is 1.20. The lowest BCUT2D eigenvalue weighted by Crippen LogP contribution is -1.93. The van der Waals surface area contributed by atoms with Crippen LogP contribution in [-0.2, 0) is 6.42 Å². The number of H-pyrrole nitrogens is 1. The molecule has 0 unspecified atom stereocenters. The SMILES string of the molecule is [CH2]Cc1[nH]cnc1C(C)C. The summed E-state index contributed by atoms with van der Waals surface area (Å²) in [6.45, 7) is 8.07. The molecule has 0 aliphatic heterocycles. The van der Waals surface area contributed by atoms with Gasteiger partial charge in [0.25, 0.3) is 0 Å². The zero-order valence-corrected chi connectivity index (χ0v) is 6.52. The van der Waals surface area contributed by atoms with E-state index in [1.807, 2.05) is 0 Å². The summed E-state index contributed by atoms with van der Waals surface area (Å²) >= 11 is 0. The Balaban J connectivity index is 2.90. The van der Waals surface area contributed by atoms with E-state index in [9.17, 15) is 0 Å². The van der Waals surface area contributed by atoms with Crippen LogP contribution in [0.5, 0.6) is 0 Å². The molecule has 2 nitrogen and oxygen atoms in total. The number of hydrogen-bond acceptors (Lipinski definition) is 1. The molecule has 0 spiro atoms. The molecule has 1 N–H and O–H groups in total. The minimum absolute atomic E-state index is 0.503. The molecule has 1 rings (SSSR count). The van der Waals surface area contributed by atoms with Crippen molar-refractivity contribution in [3.8, 4) is 0 Å². The van der Waals surface area contributed by atoms with Crippen LogP contribution in [0.1, 0.15) is 31.2 Å². The van der Waals surface area contributed by atoms with E-state index in [1.54, 1.807) is 6.33 Å². The van der Waals surface area contributed by atoms with E-state index in [-0.39, 0.29) is 0 Å². The molecule has 2 heteroatoms. The molecule has 55 valence electrons. The van der Waals surface area contributed by atoms with E-state index in [0.29, 0.717) is 5.92 Å². The van der Waals surface area contributed by atoms with Crippen molar-refractivity contribution in [3.63, 3.8) is 0 Å². The van der Waals surface area contributed by atoms with Crippen LogP contribution in [0.15, 0.2) is 6.33 Å². The predicted octanol–water partition coefficient (Wildman–Crippen LogP) is 1.91. The standard InChI is InChI=1S/C8H13N2/c1-4-7-8(6(2)3)10-5-9-7/h5-6H,1,4H2,2-3H3,(H,9,10). The molecule has 0 saturated carbocycles. The Morgan fingerprint density at radius 3 is 2.80 bits per heavy atom. The van der Waals surface area contributed by atoms with Crippen LogP contribution < -0.4 is 0 Å². The first-order valence-electron chi connectivity index (χ1n) is 3.57. The molecule has 0 aliphatic carbocycles. The Morgan fingerprint density at radius 1 is 1.70 bits per heavy atom. The summed E-state index contributed by atoms with van der Waals surface area (Å²) in [5.74, 6) is 0.503. The molecule has 0 bridgehead atoms. The number of rotatable bonds is 2. The zero-order chi connectivity index (χ0) is 7.56. The molecule has 0 amide bonds. The van der Waals surface area contributed by atoms with Crippen molar-refractivity contribution < 1.29 is 0 Å². The third-order valence-electron chi connectivity index (χ3n) is 1.55. The molecule has 0 aliphatic rings. The number of nitrogens with zero attached hydrogens (tertiary/aromatic N) is 1. The van der Waals surface area contributed by atoms with E-state index in [0.717, 1.165) is 17.8 Å². The Labute approximate surface area is 61.7 Å². The predicted molar refractivity (Wildman–Crippen MR) is 41.7 cm³/mol. The van der Waals surface area contributed by atoms with Crippen LogP contribution in [0.25, 0.3) is 0 Å². The smallest absolute Gasteiger partial charge is 0.0925 e. The van der Waals surface area contributed by atoms with Crippen molar-refractivity contribution in [1.82, 2.24) is 9.97 Å². The highest BCUT2D eigenvalue weighted by Gasteiger charge is 2.06.